The number of benzene rings is 1. The molecule has 2 rings (SSSR count). The van der Waals surface area contributed by atoms with Crippen molar-refractivity contribution in [3.8, 4) is 18.1 Å². The van der Waals surface area contributed by atoms with Gasteiger partial charge in [0, 0.05) is 5.92 Å². The van der Waals surface area contributed by atoms with E-state index in [0.29, 0.717) is 0 Å². The number of hydrogen-bond acceptors (Lipinski definition) is 2. The summed E-state index contributed by atoms with van der Waals surface area (Å²) in [6.07, 6.45) is 7.43. The number of aliphatic hydroxyl groups is 1. The third-order valence-electron chi connectivity index (χ3n) is 2.92. The zero-order valence-electron chi connectivity index (χ0n) is 8.73. The molecule has 0 bridgehead atoms. The van der Waals surface area contributed by atoms with E-state index in [1.165, 1.54) is 0 Å². The first-order chi connectivity index (χ1) is 7.20. The number of methoxy groups -OCH3 is 1. The molecule has 1 N–H and O–H groups in total. The van der Waals surface area contributed by atoms with Crippen LogP contribution in [-0.4, -0.2) is 12.2 Å². The van der Waals surface area contributed by atoms with Crippen LogP contribution in [0.25, 0.3) is 0 Å². The maximum atomic E-state index is 10.3. The summed E-state index contributed by atoms with van der Waals surface area (Å²) < 4.78 is 5.06. The van der Waals surface area contributed by atoms with Gasteiger partial charge in [0.05, 0.1) is 7.11 Å². The number of ether oxygens (including phenoxy) is 1. The molecular weight excluding hydrogens is 188 g/mol. The Morgan fingerprint density at radius 2 is 2.00 bits per heavy atom. The van der Waals surface area contributed by atoms with Crippen molar-refractivity contribution < 1.29 is 9.84 Å². The SMILES string of the molecule is C#CC(O)(c1ccc(OC)cc1)C1CC1. The van der Waals surface area contributed by atoms with Crippen molar-refractivity contribution in [2.75, 3.05) is 7.11 Å². The highest BCUT2D eigenvalue weighted by Crippen LogP contribution is 2.45. The van der Waals surface area contributed by atoms with E-state index >= 15 is 0 Å². The van der Waals surface area contributed by atoms with Crippen LogP contribution < -0.4 is 4.74 Å². The van der Waals surface area contributed by atoms with Crippen molar-refractivity contribution in [2.24, 2.45) is 5.92 Å². The first-order valence-corrected chi connectivity index (χ1v) is 5.05. The Hall–Kier alpha value is -1.46. The van der Waals surface area contributed by atoms with Crippen LogP contribution in [0.15, 0.2) is 24.3 Å². The molecule has 0 aromatic heterocycles. The second-order valence-corrected chi connectivity index (χ2v) is 3.91. The van der Waals surface area contributed by atoms with Crippen LogP contribution in [-0.2, 0) is 5.60 Å². The van der Waals surface area contributed by atoms with Crippen molar-refractivity contribution >= 4 is 0 Å². The Labute approximate surface area is 89.9 Å². The molecule has 1 saturated carbocycles. The summed E-state index contributed by atoms with van der Waals surface area (Å²) in [7, 11) is 1.61. The van der Waals surface area contributed by atoms with E-state index in [4.69, 9.17) is 11.2 Å². The lowest BCUT2D eigenvalue weighted by Gasteiger charge is -2.22. The summed E-state index contributed by atoms with van der Waals surface area (Å²) in [5.41, 5.74) is -0.306. The van der Waals surface area contributed by atoms with Crippen molar-refractivity contribution in [1.82, 2.24) is 0 Å². The Balaban J connectivity index is 2.31. The molecule has 78 valence electrons. The smallest absolute Gasteiger partial charge is 0.153 e. The monoisotopic (exact) mass is 202 g/mol. The van der Waals surface area contributed by atoms with Crippen LogP contribution in [0.4, 0.5) is 0 Å². The van der Waals surface area contributed by atoms with E-state index in [0.717, 1.165) is 24.2 Å². The lowest BCUT2D eigenvalue weighted by Crippen LogP contribution is -2.25. The Morgan fingerprint density at radius 3 is 2.40 bits per heavy atom. The van der Waals surface area contributed by atoms with E-state index in [-0.39, 0.29) is 5.92 Å². The largest absolute Gasteiger partial charge is 0.497 e. The van der Waals surface area contributed by atoms with Gasteiger partial charge in [0.25, 0.3) is 0 Å². The standard InChI is InChI=1S/C13H14O2/c1-3-13(14,10-4-5-10)11-6-8-12(15-2)9-7-11/h1,6-10,14H,4-5H2,2H3. The average molecular weight is 202 g/mol. The van der Waals surface area contributed by atoms with Crippen LogP contribution in [0, 0.1) is 18.3 Å². The molecule has 1 unspecified atom stereocenters. The molecule has 0 spiro atoms. The summed E-state index contributed by atoms with van der Waals surface area (Å²) >= 11 is 0. The van der Waals surface area contributed by atoms with Gasteiger partial charge >= 0.3 is 0 Å². The molecular formula is C13H14O2. The molecule has 0 radical (unpaired) electrons. The highest BCUT2D eigenvalue weighted by atomic mass is 16.5. The minimum atomic E-state index is -1.09. The summed E-state index contributed by atoms with van der Waals surface area (Å²) in [6, 6.07) is 7.30. The van der Waals surface area contributed by atoms with Gasteiger partial charge < -0.3 is 9.84 Å². The van der Waals surface area contributed by atoms with Gasteiger partial charge in [-0.15, -0.1) is 6.42 Å². The number of terminal acetylenes is 1. The number of rotatable bonds is 3. The van der Waals surface area contributed by atoms with Crippen molar-refractivity contribution in [2.45, 2.75) is 18.4 Å². The molecule has 1 aliphatic rings. The van der Waals surface area contributed by atoms with Gasteiger partial charge in [-0.05, 0) is 30.5 Å². The van der Waals surface area contributed by atoms with Crippen LogP contribution in [0.5, 0.6) is 5.75 Å². The second kappa shape index (κ2) is 3.60. The van der Waals surface area contributed by atoms with Crippen molar-refractivity contribution in [3.05, 3.63) is 29.8 Å². The Kier molecular flexibility index (Phi) is 2.42. The van der Waals surface area contributed by atoms with Gasteiger partial charge in [0.1, 0.15) is 5.75 Å². The first kappa shape index (κ1) is 10.1. The van der Waals surface area contributed by atoms with E-state index in [9.17, 15) is 5.11 Å². The van der Waals surface area contributed by atoms with Crippen LogP contribution in [0.2, 0.25) is 0 Å². The first-order valence-electron chi connectivity index (χ1n) is 5.05. The van der Waals surface area contributed by atoms with Crippen LogP contribution >= 0.6 is 0 Å². The van der Waals surface area contributed by atoms with E-state index in [1.54, 1.807) is 7.11 Å². The third kappa shape index (κ3) is 1.71. The summed E-state index contributed by atoms with van der Waals surface area (Å²) in [5, 5.41) is 10.3. The van der Waals surface area contributed by atoms with E-state index in [1.807, 2.05) is 24.3 Å². The Morgan fingerprint density at radius 1 is 1.40 bits per heavy atom. The lowest BCUT2D eigenvalue weighted by molar-refractivity contribution is 0.0758. The maximum Gasteiger partial charge on any atom is 0.153 e. The second-order valence-electron chi connectivity index (χ2n) is 3.91. The zero-order valence-corrected chi connectivity index (χ0v) is 8.73. The molecule has 15 heavy (non-hydrogen) atoms. The van der Waals surface area contributed by atoms with Gasteiger partial charge in [-0.1, -0.05) is 18.1 Å². The number of hydrogen-bond donors (Lipinski definition) is 1. The van der Waals surface area contributed by atoms with Crippen LogP contribution in [0.1, 0.15) is 18.4 Å². The predicted molar refractivity (Wildman–Crippen MR) is 58.4 cm³/mol. The minimum absolute atomic E-state index is 0.218. The molecule has 0 amide bonds. The van der Waals surface area contributed by atoms with Crippen molar-refractivity contribution in [1.29, 1.82) is 0 Å². The van der Waals surface area contributed by atoms with Gasteiger partial charge in [-0.2, -0.15) is 0 Å². The molecule has 1 aromatic rings. The fourth-order valence-corrected chi connectivity index (χ4v) is 1.78. The summed E-state index contributed by atoms with van der Waals surface area (Å²) in [6.45, 7) is 0. The molecule has 0 heterocycles. The fourth-order valence-electron chi connectivity index (χ4n) is 1.78. The normalized spacial score (nSPS) is 19.0. The van der Waals surface area contributed by atoms with E-state index < -0.39 is 5.60 Å². The topological polar surface area (TPSA) is 29.5 Å². The highest BCUT2D eigenvalue weighted by Gasteiger charge is 2.43. The van der Waals surface area contributed by atoms with Gasteiger partial charge in [0.15, 0.2) is 5.60 Å². The zero-order chi connectivity index (χ0) is 10.9. The van der Waals surface area contributed by atoms with Gasteiger partial charge in [-0.3, -0.25) is 0 Å². The molecule has 1 aliphatic carbocycles. The van der Waals surface area contributed by atoms with Crippen LogP contribution in [0.3, 0.4) is 0 Å². The average Bonchev–Trinajstić information content (AvgIpc) is 3.12. The molecule has 2 nitrogen and oxygen atoms in total. The minimum Gasteiger partial charge on any atom is -0.497 e. The molecule has 1 aromatic carbocycles. The summed E-state index contributed by atoms with van der Waals surface area (Å²) in [4.78, 5) is 0. The quantitative estimate of drug-likeness (QED) is 0.759. The van der Waals surface area contributed by atoms with Gasteiger partial charge in [-0.25, -0.2) is 0 Å². The van der Waals surface area contributed by atoms with E-state index in [2.05, 4.69) is 5.92 Å². The maximum absolute atomic E-state index is 10.3. The lowest BCUT2D eigenvalue weighted by atomic mass is 9.90. The predicted octanol–water partition coefficient (Wildman–Crippen LogP) is 1.93. The Bertz CT molecular complexity index is 384. The molecule has 2 heteroatoms. The molecule has 0 aliphatic heterocycles. The molecule has 1 atom stereocenters. The summed E-state index contributed by atoms with van der Waals surface area (Å²) in [5.74, 6) is 3.50. The fraction of sp³-hybridized carbons (Fsp3) is 0.385. The highest BCUT2D eigenvalue weighted by molar-refractivity contribution is 5.37. The van der Waals surface area contributed by atoms with Crippen molar-refractivity contribution in [3.63, 3.8) is 0 Å². The third-order valence-corrected chi connectivity index (χ3v) is 2.92. The van der Waals surface area contributed by atoms with Gasteiger partial charge in [0.2, 0.25) is 0 Å². The molecule has 1 fully saturated rings. The molecule has 0 saturated heterocycles.